The van der Waals surface area contributed by atoms with Crippen molar-refractivity contribution in [2.45, 2.75) is 19.9 Å². The first-order valence-electron chi connectivity index (χ1n) is 4.42. The van der Waals surface area contributed by atoms with E-state index in [1.54, 1.807) is 19.9 Å². The number of hydrogen-bond acceptors (Lipinski definition) is 3. The molecule has 5 heteroatoms. The monoisotopic (exact) mass is 200 g/mol. The van der Waals surface area contributed by atoms with E-state index in [4.69, 9.17) is 0 Å². The lowest BCUT2D eigenvalue weighted by Gasteiger charge is -2.09. The zero-order chi connectivity index (χ0) is 11.0. The van der Waals surface area contributed by atoms with Gasteiger partial charge in [0.05, 0.1) is 6.61 Å². The van der Waals surface area contributed by atoms with Crippen molar-refractivity contribution in [3.05, 3.63) is 12.7 Å². The number of rotatable bonds is 5. The predicted octanol–water partition coefficient (Wildman–Crippen LogP) is 0.423. The minimum absolute atomic E-state index is 0.121. The van der Waals surface area contributed by atoms with E-state index in [1.165, 1.54) is 0 Å². The second kappa shape index (κ2) is 6.94. The summed E-state index contributed by atoms with van der Waals surface area (Å²) in [6.45, 7) is 7.17. The molecule has 0 rings (SSSR count). The number of amides is 2. The van der Waals surface area contributed by atoms with Gasteiger partial charge in [0, 0.05) is 6.04 Å². The number of hydrogen-bond donors (Lipinski definition) is 2. The molecule has 0 aromatic carbocycles. The SMILES string of the molecule is C=CC(C)NC(=O)NCC(=O)OCC. The lowest BCUT2D eigenvalue weighted by atomic mass is 10.3. The molecule has 0 heterocycles. The smallest absolute Gasteiger partial charge is 0.325 e. The van der Waals surface area contributed by atoms with Crippen molar-refractivity contribution < 1.29 is 14.3 Å². The third kappa shape index (κ3) is 6.05. The highest BCUT2D eigenvalue weighted by atomic mass is 16.5. The Bertz CT molecular complexity index is 216. The molecule has 0 radical (unpaired) electrons. The molecule has 0 fully saturated rings. The van der Waals surface area contributed by atoms with Gasteiger partial charge in [0.2, 0.25) is 0 Å². The minimum Gasteiger partial charge on any atom is -0.465 e. The van der Waals surface area contributed by atoms with Crippen LogP contribution in [0.1, 0.15) is 13.8 Å². The summed E-state index contributed by atoms with van der Waals surface area (Å²) in [6.07, 6.45) is 1.59. The quantitative estimate of drug-likeness (QED) is 0.499. The topological polar surface area (TPSA) is 67.4 Å². The van der Waals surface area contributed by atoms with Crippen molar-refractivity contribution >= 4 is 12.0 Å². The van der Waals surface area contributed by atoms with Crippen LogP contribution < -0.4 is 10.6 Å². The molecule has 0 aromatic rings. The Labute approximate surface area is 83.5 Å². The molecular weight excluding hydrogens is 184 g/mol. The Morgan fingerprint density at radius 1 is 1.57 bits per heavy atom. The van der Waals surface area contributed by atoms with Gasteiger partial charge in [-0.1, -0.05) is 6.08 Å². The zero-order valence-corrected chi connectivity index (χ0v) is 8.50. The van der Waals surface area contributed by atoms with Gasteiger partial charge in [0.1, 0.15) is 6.54 Å². The second-order valence-electron chi connectivity index (χ2n) is 2.66. The van der Waals surface area contributed by atoms with Gasteiger partial charge in [-0.05, 0) is 13.8 Å². The van der Waals surface area contributed by atoms with Gasteiger partial charge in [-0.15, -0.1) is 6.58 Å². The van der Waals surface area contributed by atoms with Crippen molar-refractivity contribution in [2.75, 3.05) is 13.2 Å². The molecule has 80 valence electrons. The molecule has 5 nitrogen and oxygen atoms in total. The van der Waals surface area contributed by atoms with Gasteiger partial charge in [0.15, 0.2) is 0 Å². The van der Waals surface area contributed by atoms with Crippen LogP contribution in [-0.4, -0.2) is 31.2 Å². The third-order valence-corrected chi connectivity index (χ3v) is 1.41. The molecule has 0 saturated heterocycles. The Morgan fingerprint density at radius 2 is 2.21 bits per heavy atom. The minimum atomic E-state index is -0.450. The molecule has 0 saturated carbocycles. The Hall–Kier alpha value is -1.52. The van der Waals surface area contributed by atoms with E-state index in [9.17, 15) is 9.59 Å². The van der Waals surface area contributed by atoms with E-state index in [2.05, 4.69) is 21.9 Å². The van der Waals surface area contributed by atoms with E-state index < -0.39 is 12.0 Å². The van der Waals surface area contributed by atoms with Gasteiger partial charge in [0.25, 0.3) is 0 Å². The zero-order valence-electron chi connectivity index (χ0n) is 8.50. The number of carbonyl (C=O) groups is 2. The highest BCUT2D eigenvalue weighted by Gasteiger charge is 2.06. The van der Waals surface area contributed by atoms with Crippen LogP contribution >= 0.6 is 0 Å². The van der Waals surface area contributed by atoms with Crippen molar-refractivity contribution in [3.8, 4) is 0 Å². The largest absolute Gasteiger partial charge is 0.465 e. The van der Waals surface area contributed by atoms with Crippen molar-refractivity contribution in [3.63, 3.8) is 0 Å². The van der Waals surface area contributed by atoms with Crippen LogP contribution in [0.3, 0.4) is 0 Å². The summed E-state index contributed by atoms with van der Waals surface area (Å²) < 4.78 is 4.62. The van der Waals surface area contributed by atoms with Crippen LogP contribution in [0.5, 0.6) is 0 Å². The molecule has 0 aliphatic heterocycles. The standard InChI is InChI=1S/C9H16N2O3/c1-4-7(3)11-9(13)10-6-8(12)14-5-2/h4,7H,1,5-6H2,2-3H3,(H2,10,11,13). The van der Waals surface area contributed by atoms with Crippen LogP contribution in [0.15, 0.2) is 12.7 Å². The third-order valence-electron chi connectivity index (χ3n) is 1.41. The van der Waals surface area contributed by atoms with E-state index in [0.29, 0.717) is 6.61 Å². The fraction of sp³-hybridized carbons (Fsp3) is 0.556. The Kier molecular flexibility index (Phi) is 6.19. The molecule has 14 heavy (non-hydrogen) atoms. The molecule has 0 aromatic heterocycles. The van der Waals surface area contributed by atoms with Crippen LogP contribution in [-0.2, 0) is 9.53 Å². The highest BCUT2D eigenvalue weighted by Crippen LogP contribution is 1.81. The molecular formula is C9H16N2O3. The van der Waals surface area contributed by atoms with Crippen molar-refractivity contribution in [1.29, 1.82) is 0 Å². The first kappa shape index (κ1) is 12.5. The summed E-state index contributed by atoms with van der Waals surface area (Å²) in [5.74, 6) is -0.450. The summed E-state index contributed by atoms with van der Waals surface area (Å²) in [6, 6.07) is -0.539. The summed E-state index contributed by atoms with van der Waals surface area (Å²) in [5, 5.41) is 4.91. The van der Waals surface area contributed by atoms with E-state index in [-0.39, 0.29) is 12.6 Å². The number of esters is 1. The summed E-state index contributed by atoms with van der Waals surface area (Å²) in [5.41, 5.74) is 0. The Balaban J connectivity index is 3.63. The summed E-state index contributed by atoms with van der Waals surface area (Å²) >= 11 is 0. The maximum Gasteiger partial charge on any atom is 0.325 e. The van der Waals surface area contributed by atoms with Gasteiger partial charge < -0.3 is 15.4 Å². The molecule has 0 bridgehead atoms. The van der Waals surface area contributed by atoms with Crippen molar-refractivity contribution in [1.82, 2.24) is 10.6 Å². The molecule has 0 aliphatic rings. The lowest BCUT2D eigenvalue weighted by Crippen LogP contribution is -2.42. The van der Waals surface area contributed by atoms with Crippen molar-refractivity contribution in [2.24, 2.45) is 0 Å². The first-order valence-corrected chi connectivity index (χ1v) is 4.42. The average molecular weight is 200 g/mol. The normalized spacial score (nSPS) is 11.3. The van der Waals surface area contributed by atoms with Gasteiger partial charge in [-0.3, -0.25) is 4.79 Å². The number of ether oxygens (including phenoxy) is 1. The van der Waals surface area contributed by atoms with Gasteiger partial charge >= 0.3 is 12.0 Å². The predicted molar refractivity (Wildman–Crippen MR) is 52.8 cm³/mol. The molecule has 0 spiro atoms. The van der Waals surface area contributed by atoms with E-state index in [1.807, 2.05) is 0 Å². The highest BCUT2D eigenvalue weighted by molar-refractivity contribution is 5.80. The van der Waals surface area contributed by atoms with Crippen LogP contribution in [0, 0.1) is 0 Å². The number of nitrogens with one attached hydrogen (secondary N) is 2. The van der Waals surface area contributed by atoms with E-state index in [0.717, 1.165) is 0 Å². The number of urea groups is 1. The Morgan fingerprint density at radius 3 is 2.71 bits per heavy atom. The molecule has 1 unspecified atom stereocenters. The van der Waals surface area contributed by atoms with Crippen LogP contribution in [0.25, 0.3) is 0 Å². The second-order valence-corrected chi connectivity index (χ2v) is 2.66. The van der Waals surface area contributed by atoms with E-state index >= 15 is 0 Å². The fourth-order valence-electron chi connectivity index (χ4n) is 0.681. The summed E-state index contributed by atoms with van der Waals surface area (Å²) in [7, 11) is 0. The maximum atomic E-state index is 11.0. The molecule has 1 atom stereocenters. The molecule has 2 amide bonds. The molecule has 0 aliphatic carbocycles. The summed E-state index contributed by atoms with van der Waals surface area (Å²) in [4.78, 5) is 21.9. The average Bonchev–Trinajstić information content (AvgIpc) is 2.15. The fourth-order valence-corrected chi connectivity index (χ4v) is 0.681. The number of carbonyl (C=O) groups excluding carboxylic acids is 2. The van der Waals surface area contributed by atoms with Crippen LogP contribution in [0.4, 0.5) is 4.79 Å². The molecule has 2 N–H and O–H groups in total. The van der Waals surface area contributed by atoms with Gasteiger partial charge in [-0.25, -0.2) is 4.79 Å². The van der Waals surface area contributed by atoms with Crippen LogP contribution in [0.2, 0.25) is 0 Å². The maximum absolute atomic E-state index is 11.0. The lowest BCUT2D eigenvalue weighted by molar-refractivity contribution is -0.141. The first-order chi connectivity index (χ1) is 6.60. The van der Waals surface area contributed by atoms with Gasteiger partial charge in [-0.2, -0.15) is 0 Å².